The highest BCUT2D eigenvalue weighted by atomic mass is 16.5. The van der Waals surface area contributed by atoms with Gasteiger partial charge in [0.15, 0.2) is 0 Å². The molecule has 0 unspecified atom stereocenters. The Hall–Kier alpha value is -1.81. The van der Waals surface area contributed by atoms with Gasteiger partial charge in [-0.3, -0.25) is 4.79 Å². The molecule has 4 nitrogen and oxygen atoms in total. The van der Waals surface area contributed by atoms with E-state index in [0.29, 0.717) is 18.4 Å². The molecule has 0 aromatic heterocycles. The molecule has 1 aliphatic carbocycles. The monoisotopic (exact) mass is 342 g/mol. The zero-order valence-electron chi connectivity index (χ0n) is 16.1. The standard InChI is InChI=1S/C21H29NO3/c1-12-11-13(2)16(15(4)14(12)3)17-18(23)21(22-19(17)24)9-7-20(5,25-6)8-10-21/h11,23H,7-10H2,1-6H3,(H,22,24)/p-1. The minimum Gasteiger partial charge on any atom is -0.873 e. The topological polar surface area (TPSA) is 61.4 Å². The second-order valence-corrected chi connectivity index (χ2v) is 8.03. The van der Waals surface area contributed by atoms with Crippen LogP contribution in [0.3, 0.4) is 0 Å². The predicted octanol–water partition coefficient (Wildman–Crippen LogP) is 2.84. The van der Waals surface area contributed by atoms with Crippen molar-refractivity contribution in [3.8, 4) is 0 Å². The van der Waals surface area contributed by atoms with Crippen molar-refractivity contribution < 1.29 is 14.6 Å². The Morgan fingerprint density at radius 2 is 1.64 bits per heavy atom. The van der Waals surface area contributed by atoms with E-state index in [1.807, 2.05) is 20.8 Å². The second-order valence-electron chi connectivity index (χ2n) is 8.03. The lowest BCUT2D eigenvalue weighted by Crippen LogP contribution is -2.53. The number of ether oxygens (including phenoxy) is 1. The number of rotatable bonds is 2. The van der Waals surface area contributed by atoms with Crippen LogP contribution in [-0.4, -0.2) is 24.2 Å². The lowest BCUT2D eigenvalue weighted by Gasteiger charge is -2.45. The molecule has 1 heterocycles. The molecule has 0 atom stereocenters. The third kappa shape index (κ3) is 2.67. The largest absolute Gasteiger partial charge is 0.873 e. The van der Waals surface area contributed by atoms with Crippen molar-refractivity contribution in [1.82, 2.24) is 5.32 Å². The number of carbonyl (C=O) groups is 1. The van der Waals surface area contributed by atoms with Gasteiger partial charge in [0.1, 0.15) is 0 Å². The van der Waals surface area contributed by atoms with Crippen LogP contribution in [0.2, 0.25) is 0 Å². The fourth-order valence-corrected chi connectivity index (χ4v) is 4.34. The van der Waals surface area contributed by atoms with Gasteiger partial charge in [-0.15, -0.1) is 0 Å². The Morgan fingerprint density at radius 1 is 1.04 bits per heavy atom. The van der Waals surface area contributed by atoms with Crippen LogP contribution in [0.4, 0.5) is 0 Å². The number of nitrogens with one attached hydrogen (secondary N) is 1. The van der Waals surface area contributed by atoms with Gasteiger partial charge in [-0.05, 0) is 88.1 Å². The molecule has 0 saturated heterocycles. The zero-order chi connectivity index (χ0) is 18.6. The van der Waals surface area contributed by atoms with E-state index in [4.69, 9.17) is 4.74 Å². The van der Waals surface area contributed by atoms with E-state index in [1.54, 1.807) is 7.11 Å². The lowest BCUT2D eigenvalue weighted by molar-refractivity contribution is -0.318. The van der Waals surface area contributed by atoms with Gasteiger partial charge in [-0.2, -0.15) is 0 Å². The van der Waals surface area contributed by atoms with Crippen LogP contribution in [0.1, 0.15) is 60.4 Å². The van der Waals surface area contributed by atoms with E-state index >= 15 is 0 Å². The van der Waals surface area contributed by atoms with Crippen LogP contribution >= 0.6 is 0 Å². The molecular formula is C21H28NO3-. The van der Waals surface area contributed by atoms with Crippen LogP contribution < -0.4 is 10.4 Å². The molecule has 1 spiro atoms. The summed E-state index contributed by atoms with van der Waals surface area (Å²) in [6, 6.07) is 2.07. The Bertz CT molecular complexity index is 768. The Balaban J connectivity index is 2.08. The molecule has 1 saturated carbocycles. The van der Waals surface area contributed by atoms with Gasteiger partial charge in [-0.1, -0.05) is 11.8 Å². The molecule has 1 amide bonds. The van der Waals surface area contributed by atoms with E-state index in [1.165, 1.54) is 5.56 Å². The number of benzene rings is 1. The molecule has 1 aromatic rings. The van der Waals surface area contributed by atoms with Gasteiger partial charge in [0.2, 0.25) is 0 Å². The maximum atomic E-state index is 13.3. The SMILES string of the molecule is COC1(C)CCC2(CC1)NC(=O)C(c1c(C)cc(C)c(C)c1C)=C2[O-]. The zero-order valence-corrected chi connectivity index (χ0v) is 16.1. The number of methoxy groups -OCH3 is 1. The van der Waals surface area contributed by atoms with Crippen molar-refractivity contribution in [3.05, 3.63) is 39.6 Å². The summed E-state index contributed by atoms with van der Waals surface area (Å²) in [7, 11) is 1.71. The van der Waals surface area contributed by atoms with E-state index in [-0.39, 0.29) is 17.3 Å². The predicted molar refractivity (Wildman–Crippen MR) is 97.1 cm³/mol. The van der Waals surface area contributed by atoms with Gasteiger partial charge in [0, 0.05) is 12.7 Å². The normalized spacial score (nSPS) is 29.4. The third-order valence-electron chi connectivity index (χ3n) is 6.50. The average molecular weight is 342 g/mol. The highest BCUT2D eigenvalue weighted by Crippen LogP contribution is 2.45. The van der Waals surface area contributed by atoms with Crippen molar-refractivity contribution in [2.45, 2.75) is 71.4 Å². The fourth-order valence-electron chi connectivity index (χ4n) is 4.34. The summed E-state index contributed by atoms with van der Waals surface area (Å²) in [4.78, 5) is 12.8. The first-order valence-corrected chi connectivity index (χ1v) is 9.01. The Morgan fingerprint density at radius 3 is 2.20 bits per heavy atom. The van der Waals surface area contributed by atoms with E-state index in [2.05, 4.69) is 25.2 Å². The Kier molecular flexibility index (Phi) is 4.23. The molecule has 1 aliphatic heterocycles. The van der Waals surface area contributed by atoms with Gasteiger partial charge >= 0.3 is 0 Å². The van der Waals surface area contributed by atoms with Crippen molar-refractivity contribution in [2.75, 3.05) is 7.11 Å². The molecule has 3 rings (SSSR count). The number of carbonyl (C=O) groups excluding carboxylic acids is 1. The van der Waals surface area contributed by atoms with E-state index in [9.17, 15) is 9.90 Å². The molecular weight excluding hydrogens is 314 g/mol. The molecule has 0 radical (unpaired) electrons. The molecule has 25 heavy (non-hydrogen) atoms. The van der Waals surface area contributed by atoms with E-state index in [0.717, 1.165) is 35.1 Å². The summed E-state index contributed by atoms with van der Waals surface area (Å²) in [6.07, 6.45) is 2.81. The minimum absolute atomic E-state index is 0.0369. The number of amides is 1. The first-order valence-electron chi connectivity index (χ1n) is 9.01. The number of hydrogen-bond acceptors (Lipinski definition) is 3. The highest BCUT2D eigenvalue weighted by Gasteiger charge is 2.46. The van der Waals surface area contributed by atoms with Gasteiger partial charge in [0.05, 0.1) is 11.1 Å². The highest BCUT2D eigenvalue weighted by molar-refractivity contribution is 6.23. The van der Waals surface area contributed by atoms with Crippen LogP contribution in [0.5, 0.6) is 0 Å². The smallest absolute Gasteiger partial charge is 0.251 e. The maximum absolute atomic E-state index is 13.3. The van der Waals surface area contributed by atoms with Crippen molar-refractivity contribution in [2.24, 2.45) is 0 Å². The molecule has 4 heteroatoms. The molecule has 1 aromatic carbocycles. The number of aryl methyl sites for hydroxylation is 2. The molecule has 1 N–H and O–H groups in total. The lowest BCUT2D eigenvalue weighted by atomic mass is 9.73. The van der Waals surface area contributed by atoms with Crippen molar-refractivity contribution in [3.63, 3.8) is 0 Å². The van der Waals surface area contributed by atoms with Gasteiger partial charge in [0.25, 0.3) is 5.91 Å². The summed E-state index contributed by atoms with van der Waals surface area (Å²) in [5, 5.41) is 16.4. The first-order chi connectivity index (χ1) is 11.6. The summed E-state index contributed by atoms with van der Waals surface area (Å²) in [6.45, 7) is 10.2. The number of hydrogen-bond donors (Lipinski definition) is 1. The van der Waals surface area contributed by atoms with Crippen LogP contribution in [-0.2, 0) is 9.53 Å². The van der Waals surface area contributed by atoms with Gasteiger partial charge in [-0.25, -0.2) is 0 Å². The van der Waals surface area contributed by atoms with Crippen LogP contribution in [0.15, 0.2) is 11.8 Å². The fraction of sp³-hybridized carbons (Fsp3) is 0.571. The summed E-state index contributed by atoms with van der Waals surface area (Å²) in [5.41, 5.74) is 4.58. The summed E-state index contributed by atoms with van der Waals surface area (Å²) < 4.78 is 5.59. The maximum Gasteiger partial charge on any atom is 0.251 e. The summed E-state index contributed by atoms with van der Waals surface area (Å²) in [5.74, 6) is -0.259. The quantitative estimate of drug-likeness (QED) is 0.899. The first kappa shape index (κ1) is 18.0. The Labute approximate surface area is 150 Å². The molecule has 136 valence electrons. The molecule has 0 bridgehead atoms. The van der Waals surface area contributed by atoms with Gasteiger partial charge < -0.3 is 15.2 Å². The molecule has 1 fully saturated rings. The minimum atomic E-state index is -0.748. The molecule has 2 aliphatic rings. The van der Waals surface area contributed by atoms with Crippen molar-refractivity contribution in [1.29, 1.82) is 0 Å². The average Bonchev–Trinajstić information content (AvgIpc) is 2.81. The van der Waals surface area contributed by atoms with E-state index < -0.39 is 5.54 Å². The van der Waals surface area contributed by atoms with Crippen LogP contribution in [0, 0.1) is 27.7 Å². The second kappa shape index (κ2) is 5.87. The van der Waals surface area contributed by atoms with Crippen molar-refractivity contribution >= 4 is 11.5 Å². The summed E-state index contributed by atoms with van der Waals surface area (Å²) >= 11 is 0. The third-order valence-corrected chi connectivity index (χ3v) is 6.50. The van der Waals surface area contributed by atoms with Crippen LogP contribution in [0.25, 0.3) is 5.57 Å².